The molecule has 1 aromatic carbocycles. The molecule has 0 saturated carbocycles. The minimum absolute atomic E-state index is 0.235. The maximum absolute atomic E-state index is 12.9. The summed E-state index contributed by atoms with van der Waals surface area (Å²) in [5.74, 6) is 0.690. The van der Waals surface area contributed by atoms with Crippen molar-refractivity contribution < 1.29 is 14.3 Å². The highest BCUT2D eigenvalue weighted by molar-refractivity contribution is 7.99. The summed E-state index contributed by atoms with van der Waals surface area (Å²) in [5, 5.41) is 0.676. The molecule has 2 heterocycles. The van der Waals surface area contributed by atoms with Gasteiger partial charge in [-0.05, 0) is 24.6 Å². The number of hydrogen-bond acceptors (Lipinski definition) is 7. The number of hydrogen-bond donors (Lipinski definition) is 1. The van der Waals surface area contributed by atoms with Crippen LogP contribution < -0.4 is 10.3 Å². The molecule has 0 radical (unpaired) electrons. The molecule has 28 heavy (non-hydrogen) atoms. The fraction of sp³-hybridized carbons (Fsp3) is 0.200. The van der Waals surface area contributed by atoms with Crippen molar-refractivity contribution in [3.63, 3.8) is 0 Å². The van der Waals surface area contributed by atoms with Crippen molar-refractivity contribution in [2.75, 3.05) is 20.0 Å². The first-order chi connectivity index (χ1) is 13.5. The lowest BCUT2D eigenvalue weighted by molar-refractivity contribution is 0.0600. The van der Waals surface area contributed by atoms with Gasteiger partial charge in [0.05, 0.1) is 30.9 Å². The van der Waals surface area contributed by atoms with E-state index in [0.29, 0.717) is 33.5 Å². The predicted octanol–water partition coefficient (Wildman–Crippen LogP) is 3.37. The summed E-state index contributed by atoms with van der Waals surface area (Å²) in [6, 6.07) is 7.07. The molecule has 0 spiro atoms. The van der Waals surface area contributed by atoms with Crippen LogP contribution in [0.5, 0.6) is 5.75 Å². The second-order valence-electron chi connectivity index (χ2n) is 5.84. The summed E-state index contributed by atoms with van der Waals surface area (Å²) in [5.41, 5.74) is 1.66. The summed E-state index contributed by atoms with van der Waals surface area (Å²) >= 11 is 1.34. The lowest BCUT2D eigenvalue weighted by Gasteiger charge is -2.14. The van der Waals surface area contributed by atoms with Gasteiger partial charge in [0, 0.05) is 11.3 Å². The summed E-state index contributed by atoms with van der Waals surface area (Å²) < 4.78 is 10.1. The van der Waals surface area contributed by atoms with E-state index in [1.54, 1.807) is 44.4 Å². The standard InChI is InChI=1S/C20H19N3O4S/c1-5-10-28-20-22-17-16(18(24)23-20)15(12-6-8-13(26-3)9-7-12)14(11(2)21-17)19(25)27-4/h5-9H,1,10H2,2-4H3,(H,21,22,23,24). The van der Waals surface area contributed by atoms with Crippen LogP contribution in [0.4, 0.5) is 0 Å². The third kappa shape index (κ3) is 3.63. The Morgan fingerprint density at radius 3 is 2.57 bits per heavy atom. The number of thioether (sulfide) groups is 1. The van der Waals surface area contributed by atoms with Crippen molar-refractivity contribution in [2.45, 2.75) is 12.1 Å². The first-order valence-electron chi connectivity index (χ1n) is 8.41. The quantitative estimate of drug-likeness (QED) is 0.295. The van der Waals surface area contributed by atoms with Gasteiger partial charge in [-0.15, -0.1) is 6.58 Å². The maximum atomic E-state index is 12.9. The number of rotatable bonds is 6. The zero-order valence-corrected chi connectivity index (χ0v) is 16.6. The molecule has 8 heteroatoms. The minimum atomic E-state index is -0.567. The van der Waals surface area contributed by atoms with Gasteiger partial charge in [-0.3, -0.25) is 4.79 Å². The maximum Gasteiger partial charge on any atom is 0.340 e. The number of ether oxygens (including phenoxy) is 2. The molecule has 144 valence electrons. The number of esters is 1. The molecular weight excluding hydrogens is 378 g/mol. The Morgan fingerprint density at radius 2 is 1.96 bits per heavy atom. The van der Waals surface area contributed by atoms with Crippen molar-refractivity contribution in [3.8, 4) is 16.9 Å². The first kappa shape index (κ1) is 19.6. The van der Waals surface area contributed by atoms with E-state index in [4.69, 9.17) is 9.47 Å². The lowest BCUT2D eigenvalue weighted by Crippen LogP contribution is -2.16. The molecule has 0 aliphatic carbocycles. The van der Waals surface area contributed by atoms with Crippen LogP contribution in [-0.2, 0) is 4.74 Å². The molecule has 0 aliphatic rings. The van der Waals surface area contributed by atoms with E-state index in [1.165, 1.54) is 18.9 Å². The molecule has 0 bridgehead atoms. The summed E-state index contributed by atoms with van der Waals surface area (Å²) in [6.07, 6.45) is 1.72. The van der Waals surface area contributed by atoms with Crippen LogP contribution in [0.2, 0.25) is 0 Å². The molecule has 3 aromatic rings. The monoisotopic (exact) mass is 397 g/mol. The van der Waals surface area contributed by atoms with E-state index in [9.17, 15) is 9.59 Å². The zero-order valence-electron chi connectivity index (χ0n) is 15.7. The fourth-order valence-electron chi connectivity index (χ4n) is 2.87. The van der Waals surface area contributed by atoms with Crippen molar-refractivity contribution in [3.05, 3.63) is 58.5 Å². The number of methoxy groups -OCH3 is 2. The Bertz CT molecular complexity index is 1110. The number of nitrogens with one attached hydrogen (secondary N) is 1. The average Bonchev–Trinajstić information content (AvgIpc) is 2.70. The number of H-pyrrole nitrogens is 1. The lowest BCUT2D eigenvalue weighted by atomic mass is 9.96. The van der Waals surface area contributed by atoms with Gasteiger partial charge in [-0.1, -0.05) is 30.0 Å². The molecule has 1 N–H and O–H groups in total. The van der Waals surface area contributed by atoms with E-state index >= 15 is 0 Å². The Morgan fingerprint density at radius 1 is 1.25 bits per heavy atom. The molecule has 0 fully saturated rings. The third-order valence-corrected chi connectivity index (χ3v) is 4.99. The largest absolute Gasteiger partial charge is 0.497 e. The van der Waals surface area contributed by atoms with Crippen LogP contribution in [0.15, 0.2) is 46.9 Å². The second-order valence-corrected chi connectivity index (χ2v) is 6.85. The molecule has 0 unspecified atom stereocenters. The van der Waals surface area contributed by atoms with Crippen molar-refractivity contribution in [1.82, 2.24) is 15.0 Å². The van der Waals surface area contributed by atoms with Crippen LogP contribution in [0.1, 0.15) is 16.1 Å². The number of pyridine rings is 1. The molecular formula is C20H19N3O4S. The molecule has 3 rings (SSSR count). The average molecular weight is 397 g/mol. The van der Waals surface area contributed by atoms with Gasteiger partial charge < -0.3 is 14.5 Å². The fourth-order valence-corrected chi connectivity index (χ4v) is 3.46. The van der Waals surface area contributed by atoms with E-state index in [2.05, 4.69) is 21.5 Å². The first-order valence-corrected chi connectivity index (χ1v) is 9.39. The molecule has 2 aromatic heterocycles. The number of aromatic amines is 1. The Kier molecular flexibility index (Phi) is 5.79. The van der Waals surface area contributed by atoms with E-state index in [1.807, 2.05) is 0 Å². The third-order valence-electron chi connectivity index (χ3n) is 4.12. The Hall–Kier alpha value is -3.13. The molecule has 7 nitrogen and oxygen atoms in total. The van der Waals surface area contributed by atoms with Gasteiger partial charge >= 0.3 is 5.97 Å². The molecule has 0 aliphatic heterocycles. The van der Waals surface area contributed by atoms with Gasteiger partial charge in [0.1, 0.15) is 5.75 Å². The number of carbonyl (C=O) groups excluding carboxylic acids is 1. The van der Waals surface area contributed by atoms with Gasteiger partial charge in [0.25, 0.3) is 5.56 Å². The van der Waals surface area contributed by atoms with Crippen molar-refractivity contribution in [1.29, 1.82) is 0 Å². The van der Waals surface area contributed by atoms with E-state index < -0.39 is 5.97 Å². The summed E-state index contributed by atoms with van der Waals surface area (Å²) in [6.45, 7) is 5.36. The number of aromatic nitrogens is 3. The van der Waals surface area contributed by atoms with Crippen molar-refractivity contribution in [2.24, 2.45) is 0 Å². The highest BCUT2D eigenvalue weighted by atomic mass is 32.2. The minimum Gasteiger partial charge on any atom is -0.497 e. The van der Waals surface area contributed by atoms with E-state index in [0.717, 1.165) is 0 Å². The van der Waals surface area contributed by atoms with E-state index in [-0.39, 0.29) is 22.2 Å². The van der Waals surface area contributed by atoms with Gasteiger partial charge in [0.2, 0.25) is 0 Å². The molecule has 0 atom stereocenters. The van der Waals surface area contributed by atoms with Crippen LogP contribution in [0.25, 0.3) is 22.2 Å². The number of aryl methyl sites for hydroxylation is 1. The molecule has 0 amide bonds. The zero-order chi connectivity index (χ0) is 20.3. The number of carbonyl (C=O) groups is 1. The van der Waals surface area contributed by atoms with Crippen LogP contribution in [0.3, 0.4) is 0 Å². The summed E-state index contributed by atoms with van der Waals surface area (Å²) in [4.78, 5) is 37.0. The smallest absolute Gasteiger partial charge is 0.340 e. The highest BCUT2D eigenvalue weighted by Gasteiger charge is 2.24. The normalized spacial score (nSPS) is 10.7. The summed E-state index contributed by atoms with van der Waals surface area (Å²) in [7, 11) is 2.86. The second kappa shape index (κ2) is 8.26. The highest BCUT2D eigenvalue weighted by Crippen LogP contribution is 2.32. The molecule has 0 saturated heterocycles. The number of fused-ring (bicyclic) bond motifs is 1. The predicted molar refractivity (Wildman–Crippen MR) is 109 cm³/mol. The van der Waals surface area contributed by atoms with Gasteiger partial charge in [-0.2, -0.15) is 0 Å². The Balaban J connectivity index is 2.37. The van der Waals surface area contributed by atoms with Gasteiger partial charge in [0.15, 0.2) is 10.8 Å². The van der Waals surface area contributed by atoms with Crippen LogP contribution in [0, 0.1) is 6.92 Å². The van der Waals surface area contributed by atoms with Crippen molar-refractivity contribution >= 4 is 28.8 Å². The topological polar surface area (TPSA) is 94.2 Å². The Labute approximate surface area is 165 Å². The number of benzene rings is 1. The van der Waals surface area contributed by atoms with Crippen LogP contribution in [-0.4, -0.2) is 40.9 Å². The van der Waals surface area contributed by atoms with Crippen LogP contribution >= 0.6 is 11.8 Å². The van der Waals surface area contributed by atoms with Gasteiger partial charge in [-0.25, -0.2) is 14.8 Å². The SMILES string of the molecule is C=CCSc1nc2nc(C)c(C(=O)OC)c(-c3ccc(OC)cc3)c2c(=O)[nH]1. The number of nitrogens with zero attached hydrogens (tertiary/aromatic N) is 2.